The first-order valence-electron chi connectivity index (χ1n) is 7.32. The van der Waals surface area contributed by atoms with Gasteiger partial charge in [-0.15, -0.1) is 11.3 Å². The number of guanidine groups is 1. The topological polar surface area (TPSA) is 103 Å². The van der Waals surface area contributed by atoms with Crippen molar-refractivity contribution in [2.24, 2.45) is 5.73 Å². The first-order chi connectivity index (χ1) is 10.9. The number of nitrogens with one attached hydrogen (secondary N) is 1. The second-order valence-electron chi connectivity index (χ2n) is 5.97. The molecular weight excluding hydrogens is 312 g/mol. The van der Waals surface area contributed by atoms with E-state index < -0.39 is 12.1 Å². The zero-order valence-electron chi connectivity index (χ0n) is 12.7. The molecule has 1 aromatic carbocycles. The number of rotatable bonds is 2. The number of anilines is 1. The molecule has 7 heteroatoms. The van der Waals surface area contributed by atoms with Gasteiger partial charge < -0.3 is 10.8 Å². The SMILES string of the molecule is CC1(c2ccccc2)CCc2sc(N(C(=N)N)C(=O)O)nc2C1. The molecule has 1 heterocycles. The Morgan fingerprint density at radius 2 is 2.13 bits per heavy atom. The van der Waals surface area contributed by atoms with E-state index in [1.54, 1.807) is 0 Å². The van der Waals surface area contributed by atoms with E-state index in [-0.39, 0.29) is 10.5 Å². The van der Waals surface area contributed by atoms with Crippen LogP contribution >= 0.6 is 11.3 Å². The molecule has 120 valence electrons. The molecular formula is C16H18N4O2S. The zero-order valence-corrected chi connectivity index (χ0v) is 13.6. The molecule has 0 spiro atoms. The molecule has 1 aliphatic rings. The largest absolute Gasteiger partial charge is 0.464 e. The predicted molar refractivity (Wildman–Crippen MR) is 90.4 cm³/mol. The van der Waals surface area contributed by atoms with Gasteiger partial charge in [-0.05, 0) is 23.8 Å². The summed E-state index contributed by atoms with van der Waals surface area (Å²) in [6, 6.07) is 10.3. The monoisotopic (exact) mass is 330 g/mol. The Bertz CT molecular complexity index is 745. The summed E-state index contributed by atoms with van der Waals surface area (Å²) in [5, 5.41) is 16.9. The minimum Gasteiger partial charge on any atom is -0.464 e. The second-order valence-corrected chi connectivity index (χ2v) is 7.04. The number of aromatic nitrogens is 1. The highest BCUT2D eigenvalue weighted by atomic mass is 32.1. The van der Waals surface area contributed by atoms with E-state index in [1.807, 2.05) is 18.2 Å². The Kier molecular flexibility index (Phi) is 3.81. The number of nitrogens with zero attached hydrogens (tertiary/aromatic N) is 2. The van der Waals surface area contributed by atoms with Crippen molar-refractivity contribution in [3.8, 4) is 0 Å². The molecule has 1 amide bonds. The third-order valence-electron chi connectivity index (χ3n) is 4.32. The fraction of sp³-hybridized carbons (Fsp3) is 0.312. The maximum absolute atomic E-state index is 11.3. The summed E-state index contributed by atoms with van der Waals surface area (Å²) in [4.78, 5) is 17.5. The predicted octanol–water partition coefficient (Wildman–Crippen LogP) is 2.97. The van der Waals surface area contributed by atoms with Gasteiger partial charge in [-0.3, -0.25) is 5.41 Å². The van der Waals surface area contributed by atoms with Crippen molar-refractivity contribution in [1.29, 1.82) is 5.41 Å². The summed E-state index contributed by atoms with van der Waals surface area (Å²) >= 11 is 1.31. The second kappa shape index (κ2) is 5.66. The van der Waals surface area contributed by atoms with Crippen LogP contribution in [0.2, 0.25) is 0 Å². The molecule has 1 aromatic heterocycles. The summed E-state index contributed by atoms with van der Waals surface area (Å²) in [6.07, 6.45) is 1.31. The standard InChI is InChI=1S/C16H18N4O2S/c1-16(10-5-3-2-4-6-10)8-7-12-11(9-16)19-14(23-12)20(13(17)18)15(21)22/h2-6H,7-9H2,1H3,(H3,17,18)(H,21,22). The van der Waals surface area contributed by atoms with Crippen LogP contribution in [0.4, 0.5) is 9.93 Å². The van der Waals surface area contributed by atoms with Crippen LogP contribution in [0.3, 0.4) is 0 Å². The number of carboxylic acid groups (broad SMARTS) is 1. The smallest absolute Gasteiger partial charge is 0.420 e. The van der Waals surface area contributed by atoms with Gasteiger partial charge >= 0.3 is 6.09 Å². The highest BCUT2D eigenvalue weighted by Crippen LogP contribution is 2.41. The van der Waals surface area contributed by atoms with Crippen LogP contribution in [0.1, 0.15) is 29.5 Å². The lowest BCUT2D eigenvalue weighted by atomic mass is 9.72. The number of benzene rings is 1. The minimum absolute atomic E-state index is 0.0100. The lowest BCUT2D eigenvalue weighted by Crippen LogP contribution is -2.40. The van der Waals surface area contributed by atoms with E-state index in [0.29, 0.717) is 0 Å². The average Bonchev–Trinajstić information content (AvgIpc) is 2.89. The maximum atomic E-state index is 11.3. The van der Waals surface area contributed by atoms with Crippen molar-refractivity contribution in [3.63, 3.8) is 0 Å². The third-order valence-corrected chi connectivity index (χ3v) is 5.47. The summed E-state index contributed by atoms with van der Waals surface area (Å²) in [6.45, 7) is 2.21. The van der Waals surface area contributed by atoms with Gasteiger partial charge in [-0.1, -0.05) is 37.3 Å². The highest BCUT2D eigenvalue weighted by Gasteiger charge is 2.35. The van der Waals surface area contributed by atoms with Crippen LogP contribution < -0.4 is 10.6 Å². The van der Waals surface area contributed by atoms with E-state index in [2.05, 4.69) is 24.0 Å². The minimum atomic E-state index is -1.28. The molecule has 1 atom stereocenters. The van der Waals surface area contributed by atoms with Gasteiger partial charge in [0, 0.05) is 11.3 Å². The number of nitrogens with two attached hydrogens (primary N) is 1. The van der Waals surface area contributed by atoms with E-state index in [1.165, 1.54) is 16.9 Å². The Morgan fingerprint density at radius 1 is 1.43 bits per heavy atom. The first-order valence-corrected chi connectivity index (χ1v) is 8.13. The van der Waals surface area contributed by atoms with Gasteiger partial charge in [-0.2, -0.15) is 4.90 Å². The van der Waals surface area contributed by atoms with Gasteiger partial charge in [0.25, 0.3) is 0 Å². The van der Waals surface area contributed by atoms with Crippen LogP contribution in [0, 0.1) is 5.41 Å². The number of amides is 1. The molecule has 6 nitrogen and oxygen atoms in total. The molecule has 3 rings (SSSR count). The Balaban J connectivity index is 1.93. The number of fused-ring (bicyclic) bond motifs is 1. The van der Waals surface area contributed by atoms with E-state index in [0.717, 1.165) is 34.7 Å². The van der Waals surface area contributed by atoms with Crippen LogP contribution in [-0.4, -0.2) is 22.1 Å². The molecule has 4 N–H and O–H groups in total. The Hall–Kier alpha value is -2.41. The zero-order chi connectivity index (χ0) is 16.6. The molecule has 0 radical (unpaired) electrons. The molecule has 1 unspecified atom stereocenters. The quantitative estimate of drug-likeness (QED) is 0.581. The average molecular weight is 330 g/mol. The van der Waals surface area contributed by atoms with Gasteiger partial charge in [0.2, 0.25) is 11.1 Å². The van der Waals surface area contributed by atoms with Gasteiger partial charge in [0.1, 0.15) is 0 Å². The van der Waals surface area contributed by atoms with E-state index in [4.69, 9.17) is 11.1 Å². The molecule has 0 bridgehead atoms. The molecule has 0 saturated carbocycles. The summed E-state index contributed by atoms with van der Waals surface area (Å²) in [7, 11) is 0. The highest BCUT2D eigenvalue weighted by molar-refractivity contribution is 7.16. The van der Waals surface area contributed by atoms with Crippen molar-refractivity contribution in [2.45, 2.75) is 31.6 Å². The van der Waals surface area contributed by atoms with Gasteiger partial charge in [-0.25, -0.2) is 9.78 Å². The van der Waals surface area contributed by atoms with E-state index in [9.17, 15) is 9.90 Å². The number of hydrogen-bond acceptors (Lipinski definition) is 4. The molecule has 23 heavy (non-hydrogen) atoms. The third kappa shape index (κ3) is 2.79. The Labute approximate surface area is 138 Å². The summed E-state index contributed by atoms with van der Waals surface area (Å²) in [5.74, 6) is -0.533. The van der Waals surface area contributed by atoms with Crippen molar-refractivity contribution in [3.05, 3.63) is 46.5 Å². The van der Waals surface area contributed by atoms with Crippen LogP contribution in [-0.2, 0) is 18.3 Å². The molecule has 1 aliphatic carbocycles. The van der Waals surface area contributed by atoms with Crippen molar-refractivity contribution in [2.75, 3.05) is 4.90 Å². The van der Waals surface area contributed by atoms with Gasteiger partial charge in [0.15, 0.2) is 0 Å². The van der Waals surface area contributed by atoms with Crippen LogP contribution in [0.15, 0.2) is 30.3 Å². The number of thiazole rings is 1. The Morgan fingerprint density at radius 3 is 2.74 bits per heavy atom. The van der Waals surface area contributed by atoms with E-state index >= 15 is 0 Å². The van der Waals surface area contributed by atoms with Gasteiger partial charge in [0.05, 0.1) is 5.69 Å². The lowest BCUT2D eigenvalue weighted by molar-refractivity contribution is 0.205. The number of aryl methyl sites for hydroxylation is 1. The van der Waals surface area contributed by atoms with Crippen LogP contribution in [0.5, 0.6) is 0 Å². The maximum Gasteiger partial charge on any atom is 0.420 e. The lowest BCUT2D eigenvalue weighted by Gasteiger charge is -2.33. The molecule has 0 aliphatic heterocycles. The number of hydrogen-bond donors (Lipinski definition) is 3. The summed E-state index contributed by atoms with van der Waals surface area (Å²) < 4.78 is 0. The molecule has 0 saturated heterocycles. The van der Waals surface area contributed by atoms with Crippen molar-refractivity contribution >= 4 is 28.5 Å². The fourth-order valence-electron chi connectivity index (χ4n) is 3.02. The number of carbonyl (C=O) groups is 1. The summed E-state index contributed by atoms with van der Waals surface area (Å²) in [5.41, 5.74) is 7.53. The first kappa shape index (κ1) is 15.5. The normalized spacial score (nSPS) is 19.9. The van der Waals surface area contributed by atoms with Crippen molar-refractivity contribution in [1.82, 2.24) is 4.98 Å². The van der Waals surface area contributed by atoms with Crippen molar-refractivity contribution < 1.29 is 9.90 Å². The molecule has 0 fully saturated rings. The van der Waals surface area contributed by atoms with Crippen LogP contribution in [0.25, 0.3) is 0 Å². The molecule has 2 aromatic rings. The fourth-order valence-corrected chi connectivity index (χ4v) is 4.10.